The molecule has 142 valence electrons. The second-order valence-corrected chi connectivity index (χ2v) is 6.23. The number of phenols is 2. The molecule has 0 aliphatic rings. The van der Waals surface area contributed by atoms with Crippen molar-refractivity contribution in [2.24, 2.45) is 0 Å². The van der Waals surface area contributed by atoms with E-state index in [9.17, 15) is 24.9 Å². The van der Waals surface area contributed by atoms with E-state index in [1.54, 1.807) is 0 Å². The molecule has 3 N–H and O–H groups in total. The van der Waals surface area contributed by atoms with Crippen molar-refractivity contribution in [3.63, 3.8) is 0 Å². The highest BCUT2D eigenvalue weighted by Gasteiger charge is 2.18. The fraction of sp³-hybridized carbons (Fsp3) is 0.0909. The van der Waals surface area contributed by atoms with Crippen molar-refractivity contribution < 1.29 is 29.6 Å². The van der Waals surface area contributed by atoms with E-state index in [1.165, 1.54) is 36.4 Å². The monoisotopic (exact) mass is 378 g/mol. The molecule has 0 atom stereocenters. The van der Waals surface area contributed by atoms with E-state index in [0.29, 0.717) is 11.1 Å². The number of aromatic hydroxyl groups is 2. The van der Waals surface area contributed by atoms with Crippen molar-refractivity contribution in [3.05, 3.63) is 94.5 Å². The van der Waals surface area contributed by atoms with Gasteiger partial charge < -0.3 is 20.1 Å². The zero-order chi connectivity index (χ0) is 20.1. The summed E-state index contributed by atoms with van der Waals surface area (Å²) in [6, 6.07) is 17.3. The number of carbonyl (C=O) groups excluding carboxylic acids is 1. The number of carboxylic acids is 1. The van der Waals surface area contributed by atoms with Gasteiger partial charge >= 0.3 is 11.9 Å². The minimum atomic E-state index is -1.15. The first-order valence-corrected chi connectivity index (χ1v) is 8.52. The van der Waals surface area contributed by atoms with E-state index in [-0.39, 0.29) is 35.7 Å². The van der Waals surface area contributed by atoms with Crippen molar-refractivity contribution in [3.8, 4) is 11.5 Å². The van der Waals surface area contributed by atoms with Crippen LogP contribution in [0.5, 0.6) is 11.5 Å². The van der Waals surface area contributed by atoms with Gasteiger partial charge in [0.05, 0.1) is 11.1 Å². The zero-order valence-electron chi connectivity index (χ0n) is 14.8. The smallest absolute Gasteiger partial charge is 0.338 e. The fourth-order valence-electron chi connectivity index (χ4n) is 2.87. The van der Waals surface area contributed by atoms with Gasteiger partial charge in [0.15, 0.2) is 0 Å². The van der Waals surface area contributed by atoms with E-state index < -0.39 is 11.9 Å². The summed E-state index contributed by atoms with van der Waals surface area (Å²) in [5, 5.41) is 28.9. The van der Waals surface area contributed by atoms with Crippen LogP contribution in [0.25, 0.3) is 0 Å². The van der Waals surface area contributed by atoms with Gasteiger partial charge in [-0.05, 0) is 59.5 Å². The number of carbonyl (C=O) groups is 2. The number of benzene rings is 3. The Morgan fingerprint density at radius 2 is 1.36 bits per heavy atom. The normalized spacial score (nSPS) is 10.4. The average Bonchev–Trinajstić information content (AvgIpc) is 2.67. The van der Waals surface area contributed by atoms with Crippen LogP contribution in [-0.4, -0.2) is 27.3 Å². The molecule has 3 aromatic rings. The van der Waals surface area contributed by atoms with Crippen molar-refractivity contribution in [1.29, 1.82) is 0 Å². The predicted octanol–water partition coefficient (Wildman–Crippen LogP) is 3.74. The van der Waals surface area contributed by atoms with Crippen LogP contribution >= 0.6 is 0 Å². The summed E-state index contributed by atoms with van der Waals surface area (Å²) in [5.74, 6) is -1.89. The predicted molar refractivity (Wildman–Crippen MR) is 102 cm³/mol. The molecule has 0 saturated carbocycles. The van der Waals surface area contributed by atoms with Crippen LogP contribution in [0.3, 0.4) is 0 Å². The van der Waals surface area contributed by atoms with Crippen LogP contribution in [0.1, 0.15) is 37.4 Å². The minimum Gasteiger partial charge on any atom is -0.508 e. The summed E-state index contributed by atoms with van der Waals surface area (Å²) in [4.78, 5) is 24.0. The number of hydrogen-bond donors (Lipinski definition) is 3. The van der Waals surface area contributed by atoms with Gasteiger partial charge in [-0.2, -0.15) is 0 Å². The molecule has 3 aromatic carbocycles. The van der Waals surface area contributed by atoms with E-state index in [2.05, 4.69) is 0 Å². The lowest BCUT2D eigenvalue weighted by Gasteiger charge is -2.12. The SMILES string of the molecule is O=C(O)c1ccc(O)cc1Cc1cc(O)ccc1C(=O)OCc1ccccc1. The van der Waals surface area contributed by atoms with Gasteiger partial charge in [-0.3, -0.25) is 0 Å². The van der Waals surface area contributed by atoms with Gasteiger partial charge in [0.2, 0.25) is 0 Å². The van der Waals surface area contributed by atoms with E-state index in [4.69, 9.17) is 4.74 Å². The van der Waals surface area contributed by atoms with Crippen molar-refractivity contribution in [2.45, 2.75) is 13.0 Å². The molecule has 0 radical (unpaired) electrons. The summed E-state index contributed by atoms with van der Waals surface area (Å²) in [6.45, 7) is 0.0898. The number of ether oxygens (including phenoxy) is 1. The first-order chi connectivity index (χ1) is 13.4. The van der Waals surface area contributed by atoms with Crippen LogP contribution in [0.2, 0.25) is 0 Å². The van der Waals surface area contributed by atoms with Crippen LogP contribution < -0.4 is 0 Å². The van der Waals surface area contributed by atoms with Gasteiger partial charge in [0.25, 0.3) is 0 Å². The zero-order valence-corrected chi connectivity index (χ0v) is 14.8. The first kappa shape index (κ1) is 19.0. The number of rotatable bonds is 6. The number of carboxylic acid groups (broad SMARTS) is 1. The molecule has 28 heavy (non-hydrogen) atoms. The molecule has 0 bridgehead atoms. The molecule has 0 heterocycles. The van der Waals surface area contributed by atoms with E-state index >= 15 is 0 Å². The van der Waals surface area contributed by atoms with Gasteiger partial charge in [0, 0.05) is 0 Å². The van der Waals surface area contributed by atoms with Crippen molar-refractivity contribution >= 4 is 11.9 Å². The van der Waals surface area contributed by atoms with Crippen LogP contribution in [0, 0.1) is 0 Å². The van der Waals surface area contributed by atoms with Crippen LogP contribution in [0.4, 0.5) is 0 Å². The lowest BCUT2D eigenvalue weighted by atomic mass is 9.96. The summed E-state index contributed by atoms with van der Waals surface area (Å²) in [5.41, 5.74) is 1.76. The number of esters is 1. The average molecular weight is 378 g/mol. The van der Waals surface area contributed by atoms with Crippen LogP contribution in [0.15, 0.2) is 66.7 Å². The van der Waals surface area contributed by atoms with Gasteiger partial charge in [0.1, 0.15) is 18.1 Å². The molecule has 0 amide bonds. The molecule has 0 unspecified atom stereocenters. The molecular formula is C22H18O6. The molecular weight excluding hydrogens is 360 g/mol. The summed E-state index contributed by atoms with van der Waals surface area (Å²) >= 11 is 0. The molecule has 0 aliphatic carbocycles. The molecule has 0 aliphatic heterocycles. The van der Waals surface area contributed by atoms with Crippen molar-refractivity contribution in [1.82, 2.24) is 0 Å². The largest absolute Gasteiger partial charge is 0.508 e. The molecule has 3 rings (SSSR count). The third-order valence-corrected chi connectivity index (χ3v) is 4.22. The number of phenolic OH excluding ortho intramolecular Hbond substituents is 2. The second kappa shape index (κ2) is 8.26. The quantitative estimate of drug-likeness (QED) is 0.565. The van der Waals surface area contributed by atoms with Gasteiger partial charge in [-0.1, -0.05) is 30.3 Å². The van der Waals surface area contributed by atoms with Gasteiger partial charge in [-0.15, -0.1) is 0 Å². The highest BCUT2D eigenvalue weighted by molar-refractivity contribution is 5.92. The Hall–Kier alpha value is -3.80. The first-order valence-electron chi connectivity index (χ1n) is 8.52. The Labute approximate surface area is 161 Å². The molecule has 0 fully saturated rings. The van der Waals surface area contributed by atoms with Gasteiger partial charge in [-0.25, -0.2) is 9.59 Å². The summed E-state index contributed by atoms with van der Waals surface area (Å²) < 4.78 is 5.35. The lowest BCUT2D eigenvalue weighted by Crippen LogP contribution is -2.10. The van der Waals surface area contributed by atoms with Crippen LogP contribution in [-0.2, 0) is 17.8 Å². The summed E-state index contributed by atoms with van der Waals surface area (Å²) in [7, 11) is 0. The topological polar surface area (TPSA) is 104 Å². The molecule has 6 heteroatoms. The summed E-state index contributed by atoms with van der Waals surface area (Å²) in [6.07, 6.45) is 0.0280. The Balaban J connectivity index is 1.88. The maximum atomic E-state index is 12.6. The number of hydrogen-bond acceptors (Lipinski definition) is 5. The standard InChI is InChI=1S/C22H18O6/c23-17-6-8-19(21(25)26)15(11-17)10-16-12-18(24)7-9-20(16)22(27)28-13-14-4-2-1-3-5-14/h1-9,11-12,23-24H,10,13H2,(H,25,26). The number of aromatic carboxylic acids is 1. The molecule has 6 nitrogen and oxygen atoms in total. The third kappa shape index (κ3) is 4.48. The highest BCUT2D eigenvalue weighted by atomic mass is 16.5. The second-order valence-electron chi connectivity index (χ2n) is 6.23. The molecule has 0 saturated heterocycles. The molecule has 0 spiro atoms. The molecule has 0 aromatic heterocycles. The highest BCUT2D eigenvalue weighted by Crippen LogP contribution is 2.25. The van der Waals surface area contributed by atoms with Crippen molar-refractivity contribution in [2.75, 3.05) is 0 Å². The minimum absolute atomic E-state index is 0.00439. The van der Waals surface area contributed by atoms with E-state index in [1.807, 2.05) is 30.3 Å². The maximum Gasteiger partial charge on any atom is 0.338 e. The fourth-order valence-corrected chi connectivity index (χ4v) is 2.87. The lowest BCUT2D eigenvalue weighted by molar-refractivity contribution is 0.0471. The Bertz CT molecular complexity index is 1010. The Morgan fingerprint density at radius 3 is 1.96 bits per heavy atom. The third-order valence-electron chi connectivity index (χ3n) is 4.22. The van der Waals surface area contributed by atoms with E-state index in [0.717, 1.165) is 5.56 Å². The maximum absolute atomic E-state index is 12.6. The Kier molecular flexibility index (Phi) is 5.60. The Morgan fingerprint density at radius 1 is 0.786 bits per heavy atom.